The van der Waals surface area contributed by atoms with E-state index in [0.717, 1.165) is 6.92 Å². The Morgan fingerprint density at radius 2 is 1.39 bits per heavy atom. The lowest BCUT2D eigenvalue weighted by molar-refractivity contribution is -0.144. The number of carbonyl (C=O) groups is 3. The molecule has 18 heavy (non-hydrogen) atoms. The molecular weight excluding hydrogens is 262 g/mol. The summed E-state index contributed by atoms with van der Waals surface area (Å²) in [6.07, 6.45) is -5.46. The van der Waals surface area contributed by atoms with Gasteiger partial charge in [0.15, 0.2) is 6.61 Å². The summed E-state index contributed by atoms with van der Waals surface area (Å²) in [6.45, 7) is -0.263. The highest BCUT2D eigenvalue weighted by molar-refractivity contribution is 5.65. The maximum Gasteiger partial charge on any atom is 0.505 e. The van der Waals surface area contributed by atoms with Gasteiger partial charge in [-0.15, -0.1) is 0 Å². The second-order valence-electron chi connectivity index (χ2n) is 2.42. The van der Waals surface area contributed by atoms with Crippen molar-refractivity contribution in [2.45, 2.75) is 13.3 Å². The molecule has 0 saturated carbocycles. The van der Waals surface area contributed by atoms with E-state index in [2.05, 4.69) is 14.2 Å². The molecule has 0 rings (SSSR count). The molecule has 0 aromatic heterocycles. The summed E-state index contributed by atoms with van der Waals surface area (Å²) in [5, 5.41) is 15.7. The van der Waals surface area contributed by atoms with Crippen LogP contribution < -0.4 is 0 Å². The van der Waals surface area contributed by atoms with Gasteiger partial charge < -0.3 is 24.4 Å². The molecule has 0 aliphatic carbocycles. The maximum atomic E-state index is 11.1. The van der Waals surface area contributed by atoms with E-state index in [1.54, 1.807) is 0 Å². The Hall–Kier alpha value is -2.13. The fourth-order valence-corrected chi connectivity index (χ4v) is 0.438. The Morgan fingerprint density at radius 3 is 1.56 bits per heavy atom. The van der Waals surface area contributed by atoms with Crippen LogP contribution in [0.25, 0.3) is 0 Å². The number of hydrogen-bond donors (Lipinski definition) is 2. The van der Waals surface area contributed by atoms with E-state index in [4.69, 9.17) is 10.2 Å². The van der Waals surface area contributed by atoms with Crippen LogP contribution in [0.2, 0.25) is 0 Å². The third-order valence-electron chi connectivity index (χ3n) is 0.947. The van der Waals surface area contributed by atoms with Crippen molar-refractivity contribution in [3.8, 4) is 0 Å². The molecule has 0 aliphatic heterocycles. The van der Waals surface area contributed by atoms with E-state index >= 15 is 0 Å². The summed E-state index contributed by atoms with van der Waals surface area (Å²) in [5.41, 5.74) is 0. The van der Waals surface area contributed by atoms with Gasteiger partial charge in [-0.25, -0.2) is 18.4 Å². The second kappa shape index (κ2) is 11.4. The Kier molecular flexibility index (Phi) is 11.5. The van der Waals surface area contributed by atoms with Crippen LogP contribution in [0.5, 0.6) is 0 Å². The van der Waals surface area contributed by atoms with Crippen LogP contribution in [-0.2, 0) is 19.0 Å². The minimum Gasteiger partial charge on any atom is -0.460 e. The quantitative estimate of drug-likeness (QED) is 0.436. The number of hydrogen-bond acceptors (Lipinski definition) is 6. The minimum absolute atomic E-state index is 0.276. The van der Waals surface area contributed by atoms with Gasteiger partial charge in [-0.3, -0.25) is 4.79 Å². The molecule has 0 amide bonds. The lowest BCUT2D eigenvalue weighted by Gasteiger charge is -1.98. The van der Waals surface area contributed by atoms with Gasteiger partial charge in [-0.05, 0) is 0 Å². The highest BCUT2D eigenvalue weighted by atomic mass is 19.3. The van der Waals surface area contributed by atoms with Crippen LogP contribution in [0, 0.1) is 0 Å². The Bertz CT molecular complexity index is 252. The van der Waals surface area contributed by atoms with Crippen molar-refractivity contribution in [2.24, 2.45) is 0 Å². The molecule has 0 aromatic rings. The van der Waals surface area contributed by atoms with Crippen molar-refractivity contribution in [2.75, 3.05) is 19.8 Å². The zero-order valence-electron chi connectivity index (χ0n) is 9.30. The smallest absolute Gasteiger partial charge is 0.460 e. The molecule has 0 spiro atoms. The first kappa shape index (κ1) is 18.2. The summed E-state index contributed by atoms with van der Waals surface area (Å²) in [7, 11) is 0. The number of carboxylic acid groups (broad SMARTS) is 2. The number of carbonyl (C=O) groups excluding carboxylic acids is 1. The zero-order chi connectivity index (χ0) is 14.6. The summed E-state index contributed by atoms with van der Waals surface area (Å²) in [4.78, 5) is 29.0. The van der Waals surface area contributed by atoms with Gasteiger partial charge in [0.25, 0.3) is 6.43 Å². The molecule has 0 aliphatic rings. The van der Waals surface area contributed by atoms with Gasteiger partial charge in [0.05, 0.1) is 0 Å². The van der Waals surface area contributed by atoms with Crippen LogP contribution in [0.1, 0.15) is 6.92 Å². The van der Waals surface area contributed by atoms with Crippen molar-refractivity contribution in [3.05, 3.63) is 0 Å². The molecule has 10 heteroatoms. The molecule has 106 valence electrons. The first-order valence-corrected chi connectivity index (χ1v) is 4.38. The molecule has 0 unspecified atom stereocenters. The van der Waals surface area contributed by atoms with E-state index in [0.29, 0.717) is 0 Å². The van der Waals surface area contributed by atoms with E-state index in [1.807, 2.05) is 0 Å². The molecule has 2 N–H and O–H groups in total. The average Bonchev–Trinajstić information content (AvgIpc) is 2.22. The molecule has 0 heterocycles. The summed E-state index contributed by atoms with van der Waals surface area (Å²) in [5.74, 6) is -0.676. The average molecular weight is 274 g/mol. The van der Waals surface area contributed by atoms with Crippen LogP contribution in [0.15, 0.2) is 0 Å². The lowest BCUT2D eigenvalue weighted by Crippen LogP contribution is -2.10. The number of alkyl halides is 2. The van der Waals surface area contributed by atoms with E-state index in [9.17, 15) is 23.2 Å². The van der Waals surface area contributed by atoms with Crippen molar-refractivity contribution in [1.29, 1.82) is 0 Å². The van der Waals surface area contributed by atoms with Crippen molar-refractivity contribution >= 4 is 18.3 Å². The number of rotatable bonds is 5. The Morgan fingerprint density at radius 1 is 1.00 bits per heavy atom. The first-order valence-electron chi connectivity index (χ1n) is 4.38. The summed E-state index contributed by atoms with van der Waals surface area (Å²) in [6, 6.07) is 0. The van der Waals surface area contributed by atoms with Crippen LogP contribution in [-0.4, -0.2) is 54.7 Å². The van der Waals surface area contributed by atoms with Gasteiger partial charge in [-0.2, -0.15) is 0 Å². The third kappa shape index (κ3) is 23.6. The number of esters is 1. The fourth-order valence-electron chi connectivity index (χ4n) is 0.438. The van der Waals surface area contributed by atoms with Crippen LogP contribution in [0.3, 0.4) is 0 Å². The summed E-state index contributed by atoms with van der Waals surface area (Å²) < 4.78 is 34.0. The van der Waals surface area contributed by atoms with Gasteiger partial charge in [0.2, 0.25) is 0 Å². The Balaban J connectivity index is 0. The van der Waals surface area contributed by atoms with E-state index in [1.165, 1.54) is 0 Å². The molecule has 0 radical (unpaired) electrons. The van der Waals surface area contributed by atoms with Crippen LogP contribution in [0.4, 0.5) is 18.4 Å². The molecule has 0 aromatic carbocycles. The number of halogens is 2. The first-order chi connectivity index (χ1) is 8.25. The highest BCUT2D eigenvalue weighted by Crippen LogP contribution is 1.91. The van der Waals surface area contributed by atoms with Gasteiger partial charge in [0, 0.05) is 6.92 Å². The van der Waals surface area contributed by atoms with Gasteiger partial charge >= 0.3 is 18.3 Å². The number of ether oxygens (including phenoxy) is 3. The molecule has 0 bridgehead atoms. The monoisotopic (exact) mass is 274 g/mol. The third-order valence-corrected chi connectivity index (χ3v) is 0.947. The summed E-state index contributed by atoms with van der Waals surface area (Å²) >= 11 is 0. The van der Waals surface area contributed by atoms with Crippen LogP contribution >= 0.6 is 0 Å². The Labute approximate surface area is 100 Å². The molecule has 0 saturated heterocycles. The second-order valence-corrected chi connectivity index (χ2v) is 2.42. The molecule has 8 nitrogen and oxygen atoms in total. The highest BCUT2D eigenvalue weighted by Gasteiger charge is 2.02. The van der Waals surface area contributed by atoms with Gasteiger partial charge in [0.1, 0.15) is 13.2 Å². The largest absolute Gasteiger partial charge is 0.505 e. The zero-order valence-corrected chi connectivity index (χ0v) is 9.30. The maximum absolute atomic E-state index is 11.1. The van der Waals surface area contributed by atoms with E-state index in [-0.39, 0.29) is 13.2 Å². The molecular formula is C8H12F2O8. The van der Waals surface area contributed by atoms with E-state index < -0.39 is 31.3 Å². The van der Waals surface area contributed by atoms with Gasteiger partial charge in [-0.1, -0.05) is 0 Å². The van der Waals surface area contributed by atoms with Crippen molar-refractivity contribution < 1.29 is 47.6 Å². The predicted molar refractivity (Wildman–Crippen MR) is 50.6 cm³/mol. The standard InChI is InChI=1S/C4H6F2O2.C4H6O6/c1-3(7)8-2-4(5)6;5-3(6)9-1-2-10-4(7)8/h4H,2H2,1H3;1-2H2,(H,5,6)(H,7,8). The minimum atomic E-state index is -2.56. The topological polar surface area (TPSA) is 119 Å². The predicted octanol–water partition coefficient (Wildman–Crippen LogP) is 1.19. The SMILES string of the molecule is CC(=O)OCC(F)F.O=C(O)OCCOC(=O)O. The van der Waals surface area contributed by atoms with Crippen molar-refractivity contribution in [3.63, 3.8) is 0 Å². The van der Waals surface area contributed by atoms with Crippen molar-refractivity contribution in [1.82, 2.24) is 0 Å². The molecule has 0 atom stereocenters. The molecule has 0 fully saturated rings. The fraction of sp³-hybridized carbons (Fsp3) is 0.625. The lowest BCUT2D eigenvalue weighted by atomic mass is 10.7. The normalized spacial score (nSPS) is 8.89.